The van der Waals surface area contributed by atoms with E-state index in [9.17, 15) is 14.7 Å². The lowest BCUT2D eigenvalue weighted by atomic mass is 9.63. The van der Waals surface area contributed by atoms with Crippen molar-refractivity contribution in [2.45, 2.75) is 74.8 Å². The van der Waals surface area contributed by atoms with Gasteiger partial charge >= 0.3 is 0 Å². The van der Waals surface area contributed by atoms with Crippen LogP contribution in [0.3, 0.4) is 0 Å². The van der Waals surface area contributed by atoms with Crippen molar-refractivity contribution >= 4 is 34.8 Å². The maximum atomic E-state index is 14.1. The summed E-state index contributed by atoms with van der Waals surface area (Å²) in [5.41, 5.74) is -0.338. The third kappa shape index (κ3) is 3.49. The second-order valence-corrected chi connectivity index (χ2v) is 10.8. The molecule has 0 unspecified atom stereocenters. The van der Waals surface area contributed by atoms with Crippen molar-refractivity contribution in [3.63, 3.8) is 0 Å². The van der Waals surface area contributed by atoms with E-state index in [2.05, 4.69) is 6.08 Å². The van der Waals surface area contributed by atoms with Crippen LogP contribution in [0.5, 0.6) is 11.5 Å². The molecule has 1 aromatic rings. The fourth-order valence-corrected chi connectivity index (χ4v) is 5.62. The number of rotatable bonds is 0. The Labute approximate surface area is 198 Å². The Morgan fingerprint density at radius 2 is 1.81 bits per heavy atom. The summed E-state index contributed by atoms with van der Waals surface area (Å²) < 4.78 is 12.3. The highest BCUT2D eigenvalue weighted by atomic mass is 35.5. The largest absolute Gasteiger partial charge is 0.508 e. The number of benzene rings is 1. The highest BCUT2D eigenvalue weighted by Crippen LogP contribution is 2.56. The van der Waals surface area contributed by atoms with Crippen LogP contribution in [0, 0.1) is 0 Å². The molecule has 1 aliphatic carbocycles. The normalized spacial score (nSPS) is 35.6. The molecule has 5 nitrogen and oxygen atoms in total. The van der Waals surface area contributed by atoms with Gasteiger partial charge in [-0.2, -0.15) is 0 Å². The second kappa shape index (κ2) is 7.89. The maximum absolute atomic E-state index is 14.1. The fraction of sp³-hybridized carbons (Fsp3) is 0.520. The molecule has 172 valence electrons. The van der Waals surface area contributed by atoms with Crippen LogP contribution in [0.15, 0.2) is 35.4 Å². The third-order valence-electron chi connectivity index (χ3n) is 6.80. The Morgan fingerprint density at radius 1 is 1.09 bits per heavy atom. The Morgan fingerprint density at radius 3 is 2.53 bits per heavy atom. The number of hydrogen-bond donors (Lipinski definition) is 1. The number of hydrogen-bond acceptors (Lipinski definition) is 5. The van der Waals surface area contributed by atoms with Crippen molar-refractivity contribution in [1.29, 1.82) is 0 Å². The molecule has 0 radical (unpaired) electrons. The Hall–Kier alpha value is -1.82. The van der Waals surface area contributed by atoms with Crippen molar-refractivity contribution in [2.75, 3.05) is 6.61 Å². The number of ketones is 2. The van der Waals surface area contributed by atoms with E-state index in [1.54, 1.807) is 13.8 Å². The first-order valence-corrected chi connectivity index (χ1v) is 11.7. The van der Waals surface area contributed by atoms with E-state index < -0.39 is 33.0 Å². The molecule has 0 aromatic heterocycles. The zero-order valence-corrected chi connectivity index (χ0v) is 20.3. The molecule has 1 spiro atoms. The summed E-state index contributed by atoms with van der Waals surface area (Å²) in [5, 5.41) is 9.77. The van der Waals surface area contributed by atoms with Gasteiger partial charge in [0.05, 0.1) is 16.5 Å². The van der Waals surface area contributed by atoms with E-state index in [1.165, 1.54) is 12.1 Å². The molecule has 1 fully saturated rings. The molecular weight excluding hydrogens is 451 g/mol. The molecule has 32 heavy (non-hydrogen) atoms. The number of halogens is 2. The number of phenolic OH excluding ortho intramolecular Hbond substituents is 1. The fourth-order valence-electron chi connectivity index (χ4n) is 4.81. The Kier molecular flexibility index (Phi) is 5.76. The van der Waals surface area contributed by atoms with Gasteiger partial charge in [-0.1, -0.05) is 17.7 Å². The van der Waals surface area contributed by atoms with Crippen LogP contribution in [-0.4, -0.2) is 44.7 Å². The average molecular weight is 479 g/mol. The summed E-state index contributed by atoms with van der Waals surface area (Å²) in [6, 6.07) is 2.65. The number of ether oxygens (including phenoxy) is 2. The monoisotopic (exact) mass is 478 g/mol. The van der Waals surface area contributed by atoms with Gasteiger partial charge in [0.15, 0.2) is 17.2 Å². The third-order valence-corrected chi connectivity index (χ3v) is 8.11. The first-order valence-electron chi connectivity index (χ1n) is 10.8. The van der Waals surface area contributed by atoms with E-state index in [1.807, 2.05) is 19.9 Å². The van der Waals surface area contributed by atoms with Gasteiger partial charge in [0.1, 0.15) is 23.0 Å². The Balaban J connectivity index is 2.01. The predicted octanol–water partition coefficient (Wildman–Crippen LogP) is 5.75. The molecular formula is C25H28Cl2O5. The number of Topliss-reactive ketones (excluding diaryl/α,β-unsaturated/α-hetero) is 2. The first kappa shape index (κ1) is 23.3. The van der Waals surface area contributed by atoms with Crippen LogP contribution < -0.4 is 4.74 Å². The number of allylic oxidation sites excluding steroid dienone is 2. The summed E-state index contributed by atoms with van der Waals surface area (Å²) in [6.07, 6.45) is 5.84. The van der Waals surface area contributed by atoms with Crippen LogP contribution in [0.1, 0.15) is 74.1 Å². The minimum absolute atomic E-state index is 0.0647. The van der Waals surface area contributed by atoms with Gasteiger partial charge < -0.3 is 14.6 Å². The highest BCUT2D eigenvalue weighted by Gasteiger charge is 2.70. The van der Waals surface area contributed by atoms with Crippen molar-refractivity contribution in [1.82, 2.24) is 0 Å². The highest BCUT2D eigenvalue weighted by molar-refractivity contribution is 6.45. The summed E-state index contributed by atoms with van der Waals surface area (Å²) in [6.45, 7) is 7.76. The van der Waals surface area contributed by atoms with Gasteiger partial charge in [-0.3, -0.25) is 9.59 Å². The van der Waals surface area contributed by atoms with Gasteiger partial charge in [-0.05, 0) is 58.6 Å². The van der Waals surface area contributed by atoms with Gasteiger partial charge in [0.2, 0.25) is 0 Å². The number of carbonyl (C=O) groups is 2. The quantitative estimate of drug-likeness (QED) is 0.379. The molecule has 7 heteroatoms. The van der Waals surface area contributed by atoms with Crippen LogP contribution in [-0.2, 0) is 4.74 Å². The molecule has 3 atom stereocenters. The molecule has 3 aliphatic heterocycles. The van der Waals surface area contributed by atoms with Gasteiger partial charge in [0.25, 0.3) is 0 Å². The second-order valence-electron chi connectivity index (χ2n) is 9.66. The number of aromatic hydroxyl groups is 1. The van der Waals surface area contributed by atoms with Crippen LogP contribution >= 0.6 is 23.2 Å². The van der Waals surface area contributed by atoms with Gasteiger partial charge in [-0.25, -0.2) is 0 Å². The number of carbonyl (C=O) groups excluding carboxylic acids is 2. The van der Waals surface area contributed by atoms with Crippen molar-refractivity contribution in [3.8, 4) is 11.5 Å². The van der Waals surface area contributed by atoms with E-state index in [0.29, 0.717) is 0 Å². The lowest BCUT2D eigenvalue weighted by Crippen LogP contribution is -2.72. The zero-order chi connectivity index (χ0) is 23.5. The standard InChI is InChI=1S/C25H28Cl2O5/c1-14-6-5-7-15(2)13-31-18-11-16(28)10-17-20(18)22(30)24(27)12-19(26)23(3,4)32-25(24,9-8-14)21(17)29/h7-8,10-11,19,28H,5-6,9,12-13H2,1-4H3/b14-8+,15-7-/t19-,24+,25+/m0/s1. The summed E-state index contributed by atoms with van der Waals surface area (Å²) in [4.78, 5) is 26.3. The summed E-state index contributed by atoms with van der Waals surface area (Å²) >= 11 is 13.7. The summed E-state index contributed by atoms with van der Waals surface area (Å²) in [5.74, 6) is -0.926. The molecule has 3 heterocycles. The summed E-state index contributed by atoms with van der Waals surface area (Å²) in [7, 11) is 0. The van der Waals surface area contributed by atoms with Crippen LogP contribution in [0.25, 0.3) is 0 Å². The zero-order valence-electron chi connectivity index (χ0n) is 18.8. The molecule has 0 amide bonds. The van der Waals surface area contributed by atoms with Crippen LogP contribution in [0.4, 0.5) is 0 Å². The van der Waals surface area contributed by atoms with Crippen molar-refractivity contribution in [2.24, 2.45) is 0 Å². The van der Waals surface area contributed by atoms with E-state index in [-0.39, 0.29) is 42.1 Å². The number of alkyl halides is 2. The van der Waals surface area contributed by atoms with Gasteiger partial charge in [-0.15, -0.1) is 23.2 Å². The lowest BCUT2D eigenvalue weighted by molar-refractivity contribution is -0.157. The SMILES string of the molecule is C/C1=C/CC/C(C)=C/C[C@]23OC(C)(C)[C@@H](Cl)C[C@@]2(Cl)C(=O)c2c(cc(O)cc2C3=O)OC1. The topological polar surface area (TPSA) is 72.8 Å². The lowest BCUT2D eigenvalue weighted by Gasteiger charge is -2.56. The van der Waals surface area contributed by atoms with Gasteiger partial charge in [0, 0.05) is 18.1 Å². The van der Waals surface area contributed by atoms with Crippen molar-refractivity contribution in [3.05, 3.63) is 46.6 Å². The minimum Gasteiger partial charge on any atom is -0.508 e. The number of fused-ring (bicyclic) bond motifs is 6. The van der Waals surface area contributed by atoms with Crippen LogP contribution in [0.2, 0.25) is 0 Å². The predicted molar refractivity (Wildman–Crippen MR) is 124 cm³/mol. The molecule has 5 rings (SSSR count). The smallest absolute Gasteiger partial charge is 0.198 e. The van der Waals surface area contributed by atoms with Crippen molar-refractivity contribution < 1.29 is 24.2 Å². The Bertz CT molecular complexity index is 1060. The molecule has 1 N–H and O–H groups in total. The molecule has 1 saturated heterocycles. The average Bonchev–Trinajstić information content (AvgIpc) is 2.71. The maximum Gasteiger partial charge on any atom is 0.198 e. The molecule has 1 aromatic carbocycles. The van der Waals surface area contributed by atoms with E-state index in [0.717, 1.165) is 24.0 Å². The minimum atomic E-state index is -1.69. The molecule has 4 bridgehead atoms. The van der Waals surface area contributed by atoms with E-state index in [4.69, 9.17) is 32.7 Å². The number of phenols is 1. The molecule has 4 aliphatic rings. The molecule has 0 saturated carbocycles. The van der Waals surface area contributed by atoms with E-state index >= 15 is 0 Å². The first-order chi connectivity index (χ1) is 14.9.